The van der Waals surface area contributed by atoms with Gasteiger partial charge < -0.3 is 10.3 Å². The van der Waals surface area contributed by atoms with Gasteiger partial charge in [0.15, 0.2) is 5.78 Å². The molecule has 0 unspecified atom stereocenters. The Morgan fingerprint density at radius 1 is 0.895 bits per heavy atom. The van der Waals surface area contributed by atoms with Crippen molar-refractivity contribution < 1.29 is 14.4 Å². The number of para-hydroxylation sites is 1. The van der Waals surface area contributed by atoms with Crippen LogP contribution in [0.3, 0.4) is 0 Å². The molecule has 2 N–H and O–H groups in total. The van der Waals surface area contributed by atoms with Gasteiger partial charge in [0.25, 0.3) is 0 Å². The van der Waals surface area contributed by atoms with Crippen molar-refractivity contribution in [1.29, 1.82) is 0 Å². The molecule has 1 saturated carbocycles. The Balaban J connectivity index is 1.55. The Morgan fingerprint density at radius 3 is 2.29 bits per heavy atom. The van der Waals surface area contributed by atoms with E-state index < -0.39 is 6.04 Å². The minimum atomic E-state index is -0.848. The van der Waals surface area contributed by atoms with Gasteiger partial charge in [0, 0.05) is 34.4 Å². The number of aromatic amines is 1. The average Bonchev–Trinajstić information content (AvgIpc) is 3.35. The van der Waals surface area contributed by atoms with Gasteiger partial charge in [0.05, 0.1) is 6.42 Å². The summed E-state index contributed by atoms with van der Waals surface area (Å²) in [6.45, 7) is 1.51. The van der Waals surface area contributed by atoms with Crippen molar-refractivity contribution in [3.63, 3.8) is 0 Å². The molecule has 0 aliphatic heterocycles. The van der Waals surface area contributed by atoms with Crippen LogP contribution in [-0.4, -0.2) is 28.6 Å². The molecule has 2 amide bonds. The number of anilines is 1. The number of nitrogens with zero attached hydrogens (tertiary/aromatic N) is 1. The number of carbonyl (C=O) groups is 3. The number of amides is 2. The summed E-state index contributed by atoms with van der Waals surface area (Å²) in [5.41, 5.74) is 3.70. The van der Waals surface area contributed by atoms with Crippen LogP contribution in [0.5, 0.6) is 0 Å². The van der Waals surface area contributed by atoms with E-state index in [2.05, 4.69) is 10.3 Å². The molecule has 0 bridgehead atoms. The minimum absolute atomic E-state index is 0.0529. The number of H-pyrrole nitrogens is 1. The molecule has 5 rings (SSSR count). The maximum absolute atomic E-state index is 14.2. The highest BCUT2D eigenvalue weighted by Crippen LogP contribution is 2.31. The Morgan fingerprint density at radius 2 is 1.58 bits per heavy atom. The number of aromatic nitrogens is 1. The van der Waals surface area contributed by atoms with Crippen LogP contribution in [0.4, 0.5) is 5.69 Å². The zero-order chi connectivity index (χ0) is 26.5. The average molecular weight is 508 g/mol. The van der Waals surface area contributed by atoms with E-state index in [1.807, 2.05) is 60.8 Å². The van der Waals surface area contributed by atoms with Gasteiger partial charge in [0.1, 0.15) is 6.04 Å². The van der Waals surface area contributed by atoms with Gasteiger partial charge in [-0.25, -0.2) is 0 Å². The Labute approximate surface area is 223 Å². The lowest BCUT2D eigenvalue weighted by molar-refractivity contribution is -0.127. The number of carbonyl (C=O) groups excluding carboxylic acids is 3. The summed E-state index contributed by atoms with van der Waals surface area (Å²) < 4.78 is 0. The van der Waals surface area contributed by atoms with Gasteiger partial charge in [-0.2, -0.15) is 0 Å². The van der Waals surface area contributed by atoms with E-state index in [0.717, 1.165) is 47.7 Å². The van der Waals surface area contributed by atoms with Gasteiger partial charge in [-0.3, -0.25) is 19.3 Å². The first kappa shape index (κ1) is 25.5. The normalized spacial score (nSPS) is 14.7. The first-order valence-corrected chi connectivity index (χ1v) is 13.3. The van der Waals surface area contributed by atoms with E-state index >= 15 is 0 Å². The molecule has 1 aromatic heterocycles. The molecule has 6 heteroatoms. The van der Waals surface area contributed by atoms with Crippen molar-refractivity contribution in [2.24, 2.45) is 0 Å². The van der Waals surface area contributed by atoms with Crippen molar-refractivity contribution in [3.05, 3.63) is 102 Å². The number of nitrogens with one attached hydrogen (secondary N) is 2. The number of ketones is 1. The number of rotatable bonds is 8. The molecule has 4 aromatic rings. The van der Waals surface area contributed by atoms with Crippen LogP contribution in [0.1, 0.15) is 66.6 Å². The summed E-state index contributed by atoms with van der Waals surface area (Å²) in [6.07, 6.45) is 7.25. The van der Waals surface area contributed by atoms with Gasteiger partial charge in [-0.05, 0) is 61.2 Å². The fourth-order valence-corrected chi connectivity index (χ4v) is 5.40. The van der Waals surface area contributed by atoms with Crippen molar-refractivity contribution in [1.82, 2.24) is 10.3 Å². The van der Waals surface area contributed by atoms with Crippen molar-refractivity contribution >= 4 is 34.2 Å². The first-order valence-electron chi connectivity index (χ1n) is 13.3. The second-order valence-corrected chi connectivity index (χ2v) is 10.1. The molecule has 1 heterocycles. The number of fused-ring (bicyclic) bond motifs is 1. The van der Waals surface area contributed by atoms with E-state index in [1.54, 1.807) is 29.2 Å². The third-order valence-corrected chi connectivity index (χ3v) is 7.41. The third-order valence-electron chi connectivity index (χ3n) is 7.41. The SMILES string of the molecule is CC(=O)c1ccc(N(C(=O)Cc2c[nH]c3ccccc23)[C@H](C(=O)NC2CCCCC2)c2ccccc2)cc1. The number of Topliss-reactive ketones (excluding diaryl/α,β-unsaturated/α-hetero) is 1. The number of hydrogen-bond donors (Lipinski definition) is 2. The molecule has 38 heavy (non-hydrogen) atoms. The molecule has 1 atom stereocenters. The molecule has 6 nitrogen and oxygen atoms in total. The van der Waals surface area contributed by atoms with Gasteiger partial charge >= 0.3 is 0 Å². The van der Waals surface area contributed by atoms with Crippen LogP contribution in [0.25, 0.3) is 10.9 Å². The zero-order valence-electron chi connectivity index (χ0n) is 21.7. The minimum Gasteiger partial charge on any atom is -0.361 e. The van der Waals surface area contributed by atoms with Crippen molar-refractivity contribution in [2.75, 3.05) is 4.90 Å². The van der Waals surface area contributed by atoms with Crippen molar-refractivity contribution in [2.45, 2.75) is 57.5 Å². The number of benzene rings is 3. The predicted molar refractivity (Wildman–Crippen MR) is 150 cm³/mol. The second kappa shape index (κ2) is 11.5. The Kier molecular flexibility index (Phi) is 7.68. The summed E-state index contributed by atoms with van der Waals surface area (Å²) in [5, 5.41) is 4.23. The lowest BCUT2D eigenvalue weighted by atomic mass is 9.94. The molecule has 0 spiro atoms. The molecule has 1 aliphatic carbocycles. The predicted octanol–water partition coefficient (Wildman–Crippen LogP) is 6.14. The highest BCUT2D eigenvalue weighted by atomic mass is 16.2. The van der Waals surface area contributed by atoms with Crippen LogP contribution < -0.4 is 10.2 Å². The van der Waals surface area contributed by atoms with Gasteiger partial charge in [0.2, 0.25) is 11.8 Å². The summed E-state index contributed by atoms with van der Waals surface area (Å²) in [4.78, 5) is 44.9. The van der Waals surface area contributed by atoms with Crippen LogP contribution in [0, 0.1) is 0 Å². The highest BCUT2D eigenvalue weighted by molar-refractivity contribution is 6.04. The molecule has 194 valence electrons. The molecule has 3 aromatic carbocycles. The number of hydrogen-bond acceptors (Lipinski definition) is 3. The second-order valence-electron chi connectivity index (χ2n) is 10.1. The van der Waals surface area contributed by atoms with Crippen LogP contribution in [0.15, 0.2) is 85.1 Å². The fraction of sp³-hybridized carbons (Fsp3) is 0.281. The fourth-order valence-electron chi connectivity index (χ4n) is 5.40. The quantitative estimate of drug-likeness (QED) is 0.281. The molecular formula is C32H33N3O3. The molecule has 1 fully saturated rings. The van der Waals surface area contributed by atoms with Crippen LogP contribution in [-0.2, 0) is 16.0 Å². The Hall–Kier alpha value is -4.19. The van der Waals surface area contributed by atoms with E-state index in [1.165, 1.54) is 13.3 Å². The summed E-state index contributed by atoms with van der Waals surface area (Å²) in [6, 6.07) is 23.5. The lowest BCUT2D eigenvalue weighted by Gasteiger charge is -2.33. The summed E-state index contributed by atoms with van der Waals surface area (Å²) in [7, 11) is 0. The standard InChI is InChI=1S/C32H33N3O3/c1-22(36)23-16-18-27(19-17-23)35(30(37)20-25-21-33-29-15-9-8-14-28(25)29)31(24-10-4-2-5-11-24)32(38)34-26-12-6-3-7-13-26/h2,4-5,8-11,14-19,21,26,31,33H,3,6-7,12-13,20H2,1H3,(H,34,38)/t31-/m0/s1. The highest BCUT2D eigenvalue weighted by Gasteiger charge is 2.34. The summed E-state index contributed by atoms with van der Waals surface area (Å²) >= 11 is 0. The zero-order valence-corrected chi connectivity index (χ0v) is 21.7. The summed E-state index contributed by atoms with van der Waals surface area (Å²) in [5.74, 6) is -0.438. The topological polar surface area (TPSA) is 82.3 Å². The molecular weight excluding hydrogens is 474 g/mol. The van der Waals surface area contributed by atoms with Gasteiger partial charge in [-0.1, -0.05) is 67.8 Å². The largest absolute Gasteiger partial charge is 0.361 e. The van der Waals surface area contributed by atoms with Crippen LogP contribution >= 0.6 is 0 Å². The third kappa shape index (κ3) is 5.54. The van der Waals surface area contributed by atoms with E-state index in [0.29, 0.717) is 11.3 Å². The smallest absolute Gasteiger partial charge is 0.248 e. The van der Waals surface area contributed by atoms with Gasteiger partial charge in [-0.15, -0.1) is 0 Å². The van der Waals surface area contributed by atoms with E-state index in [-0.39, 0.29) is 30.1 Å². The Bertz CT molecular complexity index is 1420. The monoisotopic (exact) mass is 507 g/mol. The lowest BCUT2D eigenvalue weighted by Crippen LogP contribution is -2.47. The van der Waals surface area contributed by atoms with E-state index in [4.69, 9.17) is 0 Å². The molecule has 0 radical (unpaired) electrons. The maximum atomic E-state index is 14.2. The molecule has 0 saturated heterocycles. The maximum Gasteiger partial charge on any atom is 0.248 e. The molecule has 1 aliphatic rings. The van der Waals surface area contributed by atoms with Crippen molar-refractivity contribution in [3.8, 4) is 0 Å². The first-order chi connectivity index (χ1) is 18.5. The van der Waals surface area contributed by atoms with Crippen LogP contribution in [0.2, 0.25) is 0 Å². The van der Waals surface area contributed by atoms with E-state index in [9.17, 15) is 14.4 Å².